The number of aliphatic carboxylic acids is 1. The van der Waals surface area contributed by atoms with Crippen LogP contribution in [0, 0.1) is 13.8 Å². The molecular weight excluding hydrogens is 334 g/mol. The van der Waals surface area contributed by atoms with Gasteiger partial charge in [0, 0.05) is 17.8 Å². The Morgan fingerprint density at radius 2 is 2.10 bits per heavy atom. The Hall–Kier alpha value is -2.14. The standard InChI is InChI=1S/C16H14BrNO3/c1-10-3-5-14(13(17)7-10)21-16-11(2)8-12(9-18-16)4-6-15(19)20/h3-9H,1-2H3,(H,19,20)/b6-4+. The van der Waals surface area contributed by atoms with Crippen molar-refractivity contribution in [3.8, 4) is 11.6 Å². The molecule has 0 radical (unpaired) electrons. The maximum atomic E-state index is 10.5. The summed E-state index contributed by atoms with van der Waals surface area (Å²) in [6, 6.07) is 7.62. The minimum Gasteiger partial charge on any atom is -0.478 e. The molecule has 4 nitrogen and oxygen atoms in total. The van der Waals surface area contributed by atoms with Gasteiger partial charge in [-0.15, -0.1) is 0 Å². The van der Waals surface area contributed by atoms with E-state index in [2.05, 4.69) is 20.9 Å². The number of carbonyl (C=O) groups is 1. The van der Waals surface area contributed by atoms with Gasteiger partial charge < -0.3 is 9.84 Å². The Kier molecular flexibility index (Phi) is 4.75. The van der Waals surface area contributed by atoms with E-state index in [1.165, 1.54) is 6.08 Å². The van der Waals surface area contributed by atoms with Crippen LogP contribution in [0.1, 0.15) is 16.7 Å². The zero-order chi connectivity index (χ0) is 15.4. The molecule has 0 spiro atoms. The molecular formula is C16H14BrNO3. The number of aryl methyl sites for hydroxylation is 2. The van der Waals surface area contributed by atoms with E-state index in [1.54, 1.807) is 6.20 Å². The SMILES string of the molecule is Cc1ccc(Oc2ncc(/C=C/C(=O)O)cc2C)c(Br)c1. The molecule has 1 heterocycles. The van der Waals surface area contributed by atoms with Crippen molar-refractivity contribution in [3.63, 3.8) is 0 Å². The van der Waals surface area contributed by atoms with Gasteiger partial charge in [-0.05, 0) is 65.2 Å². The summed E-state index contributed by atoms with van der Waals surface area (Å²) in [6.07, 6.45) is 4.14. The number of hydrogen-bond donors (Lipinski definition) is 1. The first kappa shape index (κ1) is 15.3. The van der Waals surface area contributed by atoms with Gasteiger partial charge in [-0.3, -0.25) is 0 Å². The smallest absolute Gasteiger partial charge is 0.328 e. The zero-order valence-electron chi connectivity index (χ0n) is 11.6. The van der Waals surface area contributed by atoms with E-state index in [0.29, 0.717) is 17.2 Å². The van der Waals surface area contributed by atoms with Gasteiger partial charge in [0.2, 0.25) is 5.88 Å². The normalized spacial score (nSPS) is 10.8. The molecule has 0 aliphatic heterocycles. The monoisotopic (exact) mass is 347 g/mol. The molecule has 1 N–H and O–H groups in total. The number of halogens is 1. The lowest BCUT2D eigenvalue weighted by atomic mass is 10.2. The van der Waals surface area contributed by atoms with E-state index in [9.17, 15) is 4.79 Å². The van der Waals surface area contributed by atoms with Gasteiger partial charge in [-0.1, -0.05) is 6.07 Å². The minimum atomic E-state index is -0.989. The molecule has 2 rings (SSSR count). The Balaban J connectivity index is 2.23. The zero-order valence-corrected chi connectivity index (χ0v) is 13.2. The van der Waals surface area contributed by atoms with Crippen LogP contribution in [0.2, 0.25) is 0 Å². The van der Waals surface area contributed by atoms with E-state index in [-0.39, 0.29) is 0 Å². The summed E-state index contributed by atoms with van der Waals surface area (Å²) in [4.78, 5) is 14.7. The van der Waals surface area contributed by atoms with Crippen LogP contribution in [0.5, 0.6) is 11.6 Å². The number of carboxylic acid groups (broad SMARTS) is 1. The molecule has 0 bridgehead atoms. The van der Waals surface area contributed by atoms with Crippen molar-refractivity contribution in [1.29, 1.82) is 0 Å². The fourth-order valence-corrected chi connectivity index (χ4v) is 2.32. The molecule has 1 aromatic heterocycles. The number of nitrogens with zero attached hydrogens (tertiary/aromatic N) is 1. The molecule has 0 fully saturated rings. The fourth-order valence-electron chi connectivity index (χ4n) is 1.74. The van der Waals surface area contributed by atoms with Gasteiger partial charge >= 0.3 is 5.97 Å². The second-order valence-electron chi connectivity index (χ2n) is 4.60. The second kappa shape index (κ2) is 6.54. The van der Waals surface area contributed by atoms with E-state index in [1.807, 2.05) is 38.1 Å². The van der Waals surface area contributed by atoms with Crippen molar-refractivity contribution < 1.29 is 14.6 Å². The van der Waals surface area contributed by atoms with Crippen LogP contribution in [-0.4, -0.2) is 16.1 Å². The van der Waals surface area contributed by atoms with Crippen molar-refractivity contribution in [2.75, 3.05) is 0 Å². The summed E-state index contributed by atoms with van der Waals surface area (Å²) < 4.78 is 6.64. The van der Waals surface area contributed by atoms with Crippen LogP contribution in [0.3, 0.4) is 0 Å². The molecule has 0 aliphatic rings. The van der Waals surface area contributed by atoms with Crippen LogP contribution in [0.25, 0.3) is 6.08 Å². The topological polar surface area (TPSA) is 59.4 Å². The maximum absolute atomic E-state index is 10.5. The number of pyridine rings is 1. The number of aromatic nitrogens is 1. The third-order valence-corrected chi connectivity index (χ3v) is 3.38. The predicted octanol–water partition coefficient (Wildman–Crippen LogP) is 4.35. The molecule has 21 heavy (non-hydrogen) atoms. The van der Waals surface area contributed by atoms with Crippen molar-refractivity contribution in [2.24, 2.45) is 0 Å². The molecule has 0 unspecified atom stereocenters. The van der Waals surface area contributed by atoms with Crippen LogP contribution < -0.4 is 4.74 Å². The third kappa shape index (κ3) is 4.16. The van der Waals surface area contributed by atoms with Crippen molar-refractivity contribution in [2.45, 2.75) is 13.8 Å². The number of hydrogen-bond acceptors (Lipinski definition) is 3. The van der Waals surface area contributed by atoms with E-state index in [4.69, 9.17) is 9.84 Å². The van der Waals surface area contributed by atoms with E-state index >= 15 is 0 Å². The number of ether oxygens (including phenoxy) is 1. The van der Waals surface area contributed by atoms with Crippen molar-refractivity contribution >= 4 is 28.0 Å². The highest BCUT2D eigenvalue weighted by Gasteiger charge is 2.07. The number of carboxylic acids is 1. The first-order chi connectivity index (χ1) is 9.95. The highest BCUT2D eigenvalue weighted by molar-refractivity contribution is 9.10. The van der Waals surface area contributed by atoms with Crippen molar-refractivity contribution in [3.05, 3.63) is 57.7 Å². The average Bonchev–Trinajstić information content (AvgIpc) is 2.42. The highest BCUT2D eigenvalue weighted by atomic mass is 79.9. The second-order valence-corrected chi connectivity index (χ2v) is 5.45. The van der Waals surface area contributed by atoms with E-state index < -0.39 is 5.97 Å². The molecule has 0 amide bonds. The molecule has 5 heteroatoms. The van der Waals surface area contributed by atoms with Crippen LogP contribution in [0.4, 0.5) is 0 Å². The van der Waals surface area contributed by atoms with Gasteiger partial charge in [-0.2, -0.15) is 0 Å². The fraction of sp³-hybridized carbons (Fsp3) is 0.125. The third-order valence-electron chi connectivity index (χ3n) is 2.76. The lowest BCUT2D eigenvalue weighted by Gasteiger charge is -2.10. The van der Waals surface area contributed by atoms with Gasteiger partial charge in [0.15, 0.2) is 0 Å². The molecule has 0 aliphatic carbocycles. The Morgan fingerprint density at radius 1 is 1.33 bits per heavy atom. The Morgan fingerprint density at radius 3 is 2.71 bits per heavy atom. The summed E-state index contributed by atoms with van der Waals surface area (Å²) in [6.45, 7) is 3.87. The van der Waals surface area contributed by atoms with Gasteiger partial charge in [0.1, 0.15) is 5.75 Å². The largest absolute Gasteiger partial charge is 0.478 e. The van der Waals surface area contributed by atoms with Crippen LogP contribution >= 0.6 is 15.9 Å². The lowest BCUT2D eigenvalue weighted by Crippen LogP contribution is -1.93. The summed E-state index contributed by atoms with van der Waals surface area (Å²) >= 11 is 3.46. The first-order valence-corrected chi connectivity index (χ1v) is 7.06. The molecule has 0 atom stereocenters. The summed E-state index contributed by atoms with van der Waals surface area (Å²) in [7, 11) is 0. The summed E-state index contributed by atoms with van der Waals surface area (Å²) in [5.41, 5.74) is 2.67. The quantitative estimate of drug-likeness (QED) is 0.835. The van der Waals surface area contributed by atoms with Crippen molar-refractivity contribution in [1.82, 2.24) is 4.98 Å². The van der Waals surface area contributed by atoms with Gasteiger partial charge in [0.05, 0.1) is 4.47 Å². The summed E-state index contributed by atoms with van der Waals surface area (Å²) in [5, 5.41) is 8.61. The predicted molar refractivity (Wildman–Crippen MR) is 84.6 cm³/mol. The lowest BCUT2D eigenvalue weighted by molar-refractivity contribution is -0.131. The van der Waals surface area contributed by atoms with Gasteiger partial charge in [0.25, 0.3) is 0 Å². The highest BCUT2D eigenvalue weighted by Crippen LogP contribution is 2.31. The first-order valence-electron chi connectivity index (χ1n) is 6.27. The number of benzene rings is 1. The molecule has 2 aromatic rings. The molecule has 1 aromatic carbocycles. The molecule has 0 saturated heterocycles. The van der Waals surface area contributed by atoms with Crippen LogP contribution in [0.15, 0.2) is 41.0 Å². The Bertz CT molecular complexity index is 711. The Labute approximate surface area is 131 Å². The molecule has 108 valence electrons. The average molecular weight is 348 g/mol. The van der Waals surface area contributed by atoms with Gasteiger partial charge in [-0.25, -0.2) is 9.78 Å². The maximum Gasteiger partial charge on any atom is 0.328 e. The van der Waals surface area contributed by atoms with Crippen LogP contribution in [-0.2, 0) is 4.79 Å². The van der Waals surface area contributed by atoms with E-state index in [0.717, 1.165) is 21.7 Å². The summed E-state index contributed by atoms with van der Waals surface area (Å²) in [5.74, 6) is 0.189. The number of rotatable bonds is 4. The molecule has 0 saturated carbocycles. The minimum absolute atomic E-state index is 0.493.